The van der Waals surface area contributed by atoms with Gasteiger partial charge in [-0.2, -0.15) is 13.2 Å². The summed E-state index contributed by atoms with van der Waals surface area (Å²) < 4.78 is 50.5. The van der Waals surface area contributed by atoms with Gasteiger partial charge in [-0.1, -0.05) is 23.2 Å². The number of hydrogen-bond acceptors (Lipinski definition) is 1. The predicted octanol–water partition coefficient (Wildman–Crippen LogP) is 5.21. The van der Waals surface area contributed by atoms with Gasteiger partial charge in [-0.05, 0) is 30.3 Å². The van der Waals surface area contributed by atoms with Crippen molar-refractivity contribution in [2.24, 2.45) is 0 Å². The summed E-state index contributed by atoms with van der Waals surface area (Å²) in [4.78, 5) is 3.63. The van der Waals surface area contributed by atoms with Crippen molar-refractivity contribution in [1.29, 1.82) is 0 Å². The molecule has 1 nitrogen and oxygen atoms in total. The average Bonchev–Trinajstić information content (AvgIpc) is 2.31. The molecule has 1 aromatic heterocycles. The molecule has 1 heterocycles. The van der Waals surface area contributed by atoms with Crippen molar-refractivity contribution in [2.45, 2.75) is 6.18 Å². The van der Waals surface area contributed by atoms with E-state index in [2.05, 4.69) is 4.98 Å². The van der Waals surface area contributed by atoms with E-state index in [1.807, 2.05) is 0 Å². The Morgan fingerprint density at radius 1 is 1.00 bits per heavy atom. The molecule has 0 spiro atoms. The number of alkyl halides is 3. The molecule has 7 heteroatoms. The average molecular weight is 310 g/mol. The van der Waals surface area contributed by atoms with Crippen molar-refractivity contribution in [2.75, 3.05) is 0 Å². The summed E-state index contributed by atoms with van der Waals surface area (Å²) >= 11 is 11.3. The van der Waals surface area contributed by atoms with Crippen LogP contribution in [0.1, 0.15) is 5.56 Å². The lowest BCUT2D eigenvalue weighted by Gasteiger charge is -2.11. The molecule has 0 radical (unpaired) electrons. The molecule has 0 saturated carbocycles. The normalized spacial score (nSPS) is 11.7. The topological polar surface area (TPSA) is 12.9 Å². The standard InChI is InChI=1S/C12H5Cl2F4N/c13-9-5-8(12(16,17)18)11(14)19-10(9)6-1-3-7(15)4-2-6/h1-5H. The first-order valence-corrected chi connectivity index (χ1v) is 5.74. The number of halogens is 6. The molecule has 0 aliphatic rings. The summed E-state index contributed by atoms with van der Waals surface area (Å²) in [6, 6.07) is 5.72. The molecular weight excluding hydrogens is 305 g/mol. The zero-order chi connectivity index (χ0) is 14.2. The van der Waals surface area contributed by atoms with E-state index < -0.39 is 22.7 Å². The van der Waals surface area contributed by atoms with Crippen molar-refractivity contribution >= 4 is 23.2 Å². The van der Waals surface area contributed by atoms with E-state index in [4.69, 9.17) is 23.2 Å². The lowest BCUT2D eigenvalue weighted by Crippen LogP contribution is -2.07. The number of pyridine rings is 1. The molecule has 1 aromatic carbocycles. The predicted molar refractivity (Wildman–Crippen MR) is 64.7 cm³/mol. The van der Waals surface area contributed by atoms with Crippen LogP contribution >= 0.6 is 23.2 Å². The Labute approximate surface area is 115 Å². The minimum absolute atomic E-state index is 0.0691. The summed E-state index contributed by atoms with van der Waals surface area (Å²) in [5.41, 5.74) is -0.660. The second-order valence-electron chi connectivity index (χ2n) is 3.66. The van der Waals surface area contributed by atoms with E-state index in [-0.39, 0.29) is 10.7 Å². The lowest BCUT2D eigenvalue weighted by molar-refractivity contribution is -0.137. The van der Waals surface area contributed by atoms with Gasteiger partial charge in [-0.25, -0.2) is 9.37 Å². The lowest BCUT2D eigenvalue weighted by atomic mass is 10.1. The third-order valence-electron chi connectivity index (χ3n) is 2.35. The maximum absolute atomic E-state index is 12.8. The van der Waals surface area contributed by atoms with Gasteiger partial charge < -0.3 is 0 Å². The van der Waals surface area contributed by atoms with Crippen LogP contribution in [0.2, 0.25) is 10.2 Å². The highest BCUT2D eigenvalue weighted by molar-refractivity contribution is 6.34. The van der Waals surface area contributed by atoms with E-state index in [1.165, 1.54) is 12.1 Å². The van der Waals surface area contributed by atoms with Crippen molar-refractivity contribution in [3.05, 3.63) is 51.9 Å². The van der Waals surface area contributed by atoms with Gasteiger partial charge in [0.2, 0.25) is 0 Å². The summed E-state index contributed by atoms with van der Waals surface area (Å²) in [7, 11) is 0. The van der Waals surface area contributed by atoms with Crippen LogP contribution in [0.4, 0.5) is 17.6 Å². The molecular formula is C12H5Cl2F4N. The molecule has 0 fully saturated rings. The summed E-state index contributed by atoms with van der Waals surface area (Å²) in [5.74, 6) is -0.474. The van der Waals surface area contributed by atoms with Crippen molar-refractivity contribution < 1.29 is 17.6 Å². The van der Waals surface area contributed by atoms with E-state index in [1.54, 1.807) is 0 Å². The van der Waals surface area contributed by atoms with Crippen LogP contribution in [0, 0.1) is 5.82 Å². The third-order valence-corrected chi connectivity index (χ3v) is 2.93. The Hall–Kier alpha value is -1.33. The zero-order valence-electron chi connectivity index (χ0n) is 9.10. The number of hydrogen-bond donors (Lipinski definition) is 0. The SMILES string of the molecule is Fc1ccc(-c2nc(Cl)c(C(F)(F)F)cc2Cl)cc1. The van der Waals surface area contributed by atoms with Crippen molar-refractivity contribution in [3.8, 4) is 11.3 Å². The van der Waals surface area contributed by atoms with Crippen LogP contribution in [0.3, 0.4) is 0 Å². The van der Waals surface area contributed by atoms with Gasteiger partial charge in [0, 0.05) is 5.56 Å². The fourth-order valence-electron chi connectivity index (χ4n) is 1.48. The van der Waals surface area contributed by atoms with Gasteiger partial charge in [0.05, 0.1) is 16.3 Å². The largest absolute Gasteiger partial charge is 0.419 e. The Bertz CT molecular complexity index is 608. The first-order valence-electron chi connectivity index (χ1n) is 4.98. The Morgan fingerprint density at radius 2 is 1.58 bits per heavy atom. The number of aromatic nitrogens is 1. The Balaban J connectivity index is 2.55. The molecule has 100 valence electrons. The van der Waals surface area contributed by atoms with Crippen LogP contribution in [-0.4, -0.2) is 4.98 Å². The van der Waals surface area contributed by atoms with E-state index >= 15 is 0 Å². The Morgan fingerprint density at radius 3 is 2.11 bits per heavy atom. The molecule has 19 heavy (non-hydrogen) atoms. The number of benzene rings is 1. The van der Waals surface area contributed by atoms with E-state index in [9.17, 15) is 17.6 Å². The zero-order valence-corrected chi connectivity index (χ0v) is 10.6. The summed E-state index contributed by atoms with van der Waals surface area (Å²) in [5, 5.41) is -0.903. The fourth-order valence-corrected chi connectivity index (χ4v) is 1.98. The van der Waals surface area contributed by atoms with Crippen LogP contribution < -0.4 is 0 Å². The van der Waals surface area contributed by atoms with Gasteiger partial charge in [0.25, 0.3) is 0 Å². The van der Waals surface area contributed by atoms with Crippen molar-refractivity contribution in [1.82, 2.24) is 4.98 Å². The molecule has 2 aromatic rings. The molecule has 0 aliphatic carbocycles. The molecule has 0 atom stereocenters. The first-order chi connectivity index (χ1) is 8.79. The number of nitrogens with zero attached hydrogens (tertiary/aromatic N) is 1. The molecule has 0 N–H and O–H groups in total. The highest BCUT2D eigenvalue weighted by Gasteiger charge is 2.35. The maximum Gasteiger partial charge on any atom is 0.419 e. The molecule has 2 rings (SSSR count). The number of rotatable bonds is 1. The highest BCUT2D eigenvalue weighted by Crippen LogP contribution is 2.38. The van der Waals surface area contributed by atoms with Crippen LogP contribution in [-0.2, 0) is 6.18 Å². The smallest absolute Gasteiger partial charge is 0.234 e. The highest BCUT2D eigenvalue weighted by atomic mass is 35.5. The van der Waals surface area contributed by atoms with Gasteiger partial charge >= 0.3 is 6.18 Å². The van der Waals surface area contributed by atoms with E-state index in [0.717, 1.165) is 12.1 Å². The molecule has 0 unspecified atom stereocenters. The molecule has 0 saturated heterocycles. The Kier molecular flexibility index (Phi) is 3.69. The second-order valence-corrected chi connectivity index (χ2v) is 4.43. The van der Waals surface area contributed by atoms with Crippen LogP contribution in [0.5, 0.6) is 0 Å². The summed E-state index contributed by atoms with van der Waals surface area (Å²) in [6.07, 6.45) is -4.63. The van der Waals surface area contributed by atoms with Crippen molar-refractivity contribution in [3.63, 3.8) is 0 Å². The minimum atomic E-state index is -4.63. The third kappa shape index (κ3) is 2.98. The fraction of sp³-hybridized carbons (Fsp3) is 0.0833. The minimum Gasteiger partial charge on any atom is -0.234 e. The maximum atomic E-state index is 12.8. The molecule has 0 bridgehead atoms. The van der Waals surface area contributed by atoms with Crippen LogP contribution in [0.25, 0.3) is 11.3 Å². The van der Waals surface area contributed by atoms with Crippen LogP contribution in [0.15, 0.2) is 30.3 Å². The van der Waals surface area contributed by atoms with E-state index in [0.29, 0.717) is 11.6 Å². The van der Waals surface area contributed by atoms with Gasteiger partial charge in [-0.15, -0.1) is 0 Å². The quantitative estimate of drug-likeness (QED) is 0.520. The molecule has 0 amide bonds. The summed E-state index contributed by atoms with van der Waals surface area (Å²) in [6.45, 7) is 0. The van der Waals surface area contributed by atoms with Gasteiger partial charge in [0.15, 0.2) is 0 Å². The monoisotopic (exact) mass is 309 g/mol. The van der Waals surface area contributed by atoms with Gasteiger partial charge in [0.1, 0.15) is 11.0 Å². The van der Waals surface area contributed by atoms with Gasteiger partial charge in [-0.3, -0.25) is 0 Å². The first kappa shape index (κ1) is 14.1. The second kappa shape index (κ2) is 4.98. The molecule has 0 aliphatic heterocycles.